The lowest BCUT2D eigenvalue weighted by Crippen LogP contribution is -1.99. The Morgan fingerprint density at radius 3 is 2.87 bits per heavy atom. The molecule has 0 aliphatic rings. The quantitative estimate of drug-likeness (QED) is 0.456. The number of hydrogen-bond donors (Lipinski definition) is 0. The molecule has 0 saturated heterocycles. The second-order valence-electron chi connectivity index (χ2n) is 2.75. The minimum absolute atomic E-state index is 0.515. The molecular weight excluding hydrogens is 253 g/mol. The molecule has 2 nitrogen and oxygen atoms in total. The van der Waals surface area contributed by atoms with E-state index in [2.05, 4.69) is 22.4 Å². The highest BCUT2D eigenvalue weighted by molar-refractivity contribution is 7.78. The number of isothiocyanates is 1. The standard InChI is InChI=1S/C10H9Cl2NOS/c11-8-2-3-10(9(12)6-8)14-5-1-4-13-7-15/h2-3,6H,1,4-5H2. The fourth-order valence-corrected chi connectivity index (χ4v) is 1.52. The van der Waals surface area contributed by atoms with E-state index in [0.717, 1.165) is 6.42 Å². The van der Waals surface area contributed by atoms with Gasteiger partial charge in [0.15, 0.2) is 0 Å². The van der Waals surface area contributed by atoms with Crippen molar-refractivity contribution in [2.45, 2.75) is 6.42 Å². The van der Waals surface area contributed by atoms with Gasteiger partial charge in [0.05, 0.1) is 23.3 Å². The summed E-state index contributed by atoms with van der Waals surface area (Å²) in [4.78, 5) is 3.77. The first kappa shape index (κ1) is 12.5. The Balaban J connectivity index is 2.40. The van der Waals surface area contributed by atoms with Crippen LogP contribution in [0.25, 0.3) is 0 Å². The Kier molecular flexibility index (Phi) is 5.66. The average molecular weight is 262 g/mol. The van der Waals surface area contributed by atoms with Gasteiger partial charge in [0, 0.05) is 11.4 Å². The van der Waals surface area contributed by atoms with Crippen LogP contribution in [0.4, 0.5) is 0 Å². The van der Waals surface area contributed by atoms with Crippen LogP contribution in [0.3, 0.4) is 0 Å². The molecule has 0 heterocycles. The van der Waals surface area contributed by atoms with E-state index in [-0.39, 0.29) is 0 Å². The molecule has 0 unspecified atom stereocenters. The van der Waals surface area contributed by atoms with Crippen molar-refractivity contribution < 1.29 is 4.74 Å². The van der Waals surface area contributed by atoms with Crippen LogP contribution in [0.5, 0.6) is 5.75 Å². The Bertz CT molecular complexity index is 378. The van der Waals surface area contributed by atoms with Gasteiger partial charge in [-0.15, -0.1) is 0 Å². The number of rotatable bonds is 5. The number of nitrogens with zero attached hydrogens (tertiary/aromatic N) is 1. The predicted octanol–water partition coefficient (Wildman–Crippen LogP) is 3.87. The summed E-state index contributed by atoms with van der Waals surface area (Å²) in [5, 5.41) is 3.40. The first-order chi connectivity index (χ1) is 7.24. The number of aliphatic imine (C=N–C) groups is 1. The van der Waals surface area contributed by atoms with Gasteiger partial charge in [-0.2, -0.15) is 0 Å². The van der Waals surface area contributed by atoms with Crippen molar-refractivity contribution in [3.05, 3.63) is 28.2 Å². The van der Waals surface area contributed by atoms with Gasteiger partial charge >= 0.3 is 0 Å². The van der Waals surface area contributed by atoms with Crippen LogP contribution in [-0.2, 0) is 0 Å². The highest BCUT2D eigenvalue weighted by atomic mass is 35.5. The molecule has 1 aromatic rings. The maximum Gasteiger partial charge on any atom is 0.137 e. The van der Waals surface area contributed by atoms with Crippen LogP contribution in [0.2, 0.25) is 10.0 Å². The van der Waals surface area contributed by atoms with Gasteiger partial charge in [-0.3, -0.25) is 0 Å². The molecule has 0 aromatic heterocycles. The molecule has 0 N–H and O–H groups in total. The minimum Gasteiger partial charge on any atom is -0.492 e. The van der Waals surface area contributed by atoms with Crippen LogP contribution >= 0.6 is 35.4 Å². The van der Waals surface area contributed by atoms with E-state index in [0.29, 0.717) is 28.9 Å². The smallest absolute Gasteiger partial charge is 0.137 e. The fourth-order valence-electron chi connectivity index (χ4n) is 0.964. The first-order valence-electron chi connectivity index (χ1n) is 4.35. The Morgan fingerprint density at radius 2 is 2.20 bits per heavy atom. The summed E-state index contributed by atoms with van der Waals surface area (Å²) < 4.78 is 5.43. The Morgan fingerprint density at radius 1 is 1.40 bits per heavy atom. The van der Waals surface area contributed by atoms with E-state index in [9.17, 15) is 0 Å². The van der Waals surface area contributed by atoms with Gasteiger partial charge < -0.3 is 4.74 Å². The van der Waals surface area contributed by atoms with Crippen molar-refractivity contribution in [2.75, 3.05) is 13.2 Å². The van der Waals surface area contributed by atoms with Gasteiger partial charge in [0.2, 0.25) is 0 Å². The van der Waals surface area contributed by atoms with Gasteiger partial charge in [0.25, 0.3) is 0 Å². The second-order valence-corrected chi connectivity index (χ2v) is 3.78. The lowest BCUT2D eigenvalue weighted by atomic mass is 10.3. The third-order valence-electron chi connectivity index (χ3n) is 1.63. The Labute approximate surface area is 104 Å². The van der Waals surface area contributed by atoms with Crippen molar-refractivity contribution in [3.8, 4) is 5.75 Å². The fraction of sp³-hybridized carbons (Fsp3) is 0.300. The molecule has 0 aliphatic carbocycles. The molecule has 0 amide bonds. The molecule has 0 spiro atoms. The number of benzene rings is 1. The lowest BCUT2D eigenvalue weighted by molar-refractivity contribution is 0.314. The van der Waals surface area contributed by atoms with Gasteiger partial charge in [-0.25, -0.2) is 4.99 Å². The third kappa shape index (κ3) is 4.63. The molecule has 0 bridgehead atoms. The summed E-state index contributed by atoms with van der Waals surface area (Å²) in [5.41, 5.74) is 0. The third-order valence-corrected chi connectivity index (χ3v) is 2.29. The largest absolute Gasteiger partial charge is 0.492 e. The lowest BCUT2D eigenvalue weighted by Gasteiger charge is -2.06. The van der Waals surface area contributed by atoms with Crippen molar-refractivity contribution in [3.63, 3.8) is 0 Å². The molecule has 0 radical (unpaired) electrons. The van der Waals surface area contributed by atoms with E-state index >= 15 is 0 Å². The molecule has 0 saturated carbocycles. The van der Waals surface area contributed by atoms with Crippen LogP contribution in [0.15, 0.2) is 23.2 Å². The van der Waals surface area contributed by atoms with Gasteiger partial charge in [-0.1, -0.05) is 23.2 Å². The maximum atomic E-state index is 5.91. The molecule has 5 heteroatoms. The molecule has 1 aromatic carbocycles. The monoisotopic (exact) mass is 261 g/mol. The topological polar surface area (TPSA) is 21.6 Å². The van der Waals surface area contributed by atoms with Gasteiger partial charge in [0.1, 0.15) is 5.75 Å². The Hall–Kier alpha value is -0.600. The van der Waals surface area contributed by atoms with Crippen LogP contribution in [0, 0.1) is 0 Å². The number of halogens is 2. The summed E-state index contributed by atoms with van der Waals surface area (Å²) in [6.07, 6.45) is 0.780. The van der Waals surface area contributed by atoms with E-state index in [1.54, 1.807) is 18.2 Å². The van der Waals surface area contributed by atoms with E-state index in [1.807, 2.05) is 0 Å². The summed E-state index contributed by atoms with van der Waals surface area (Å²) >= 11 is 16.1. The van der Waals surface area contributed by atoms with E-state index in [4.69, 9.17) is 27.9 Å². The van der Waals surface area contributed by atoms with Crippen LogP contribution in [-0.4, -0.2) is 18.3 Å². The van der Waals surface area contributed by atoms with Crippen LogP contribution in [0.1, 0.15) is 6.42 Å². The predicted molar refractivity (Wildman–Crippen MR) is 66.5 cm³/mol. The van der Waals surface area contributed by atoms with E-state index in [1.165, 1.54) is 0 Å². The SMILES string of the molecule is S=C=NCCCOc1ccc(Cl)cc1Cl. The molecule has 0 fully saturated rings. The van der Waals surface area contributed by atoms with Crippen molar-refractivity contribution in [1.82, 2.24) is 0 Å². The van der Waals surface area contributed by atoms with Crippen molar-refractivity contribution in [1.29, 1.82) is 0 Å². The van der Waals surface area contributed by atoms with Gasteiger partial charge in [-0.05, 0) is 30.4 Å². The molecular formula is C10H9Cl2NOS. The highest BCUT2D eigenvalue weighted by Gasteiger charge is 2.01. The van der Waals surface area contributed by atoms with Crippen molar-refractivity contribution >= 4 is 40.6 Å². The number of thiocarbonyl (C=S) groups is 1. The summed E-state index contributed by atoms with van der Waals surface area (Å²) in [6.45, 7) is 1.16. The molecule has 80 valence electrons. The summed E-state index contributed by atoms with van der Waals surface area (Å²) in [6, 6.07) is 5.12. The molecule has 15 heavy (non-hydrogen) atoms. The zero-order valence-corrected chi connectivity index (χ0v) is 10.2. The second kappa shape index (κ2) is 6.81. The number of hydrogen-bond acceptors (Lipinski definition) is 3. The summed E-state index contributed by atoms with van der Waals surface area (Å²) in [5.74, 6) is 0.632. The zero-order chi connectivity index (χ0) is 11.1. The van der Waals surface area contributed by atoms with E-state index < -0.39 is 0 Å². The van der Waals surface area contributed by atoms with Crippen molar-refractivity contribution in [2.24, 2.45) is 4.99 Å². The molecule has 1 rings (SSSR count). The first-order valence-corrected chi connectivity index (χ1v) is 5.52. The molecule has 0 atom stereocenters. The minimum atomic E-state index is 0.515. The normalized spacial score (nSPS) is 9.47. The zero-order valence-electron chi connectivity index (χ0n) is 7.87. The maximum absolute atomic E-state index is 5.91. The molecule has 0 aliphatic heterocycles. The summed E-state index contributed by atoms with van der Waals surface area (Å²) in [7, 11) is 0. The average Bonchev–Trinajstić information content (AvgIpc) is 2.20. The number of ether oxygens (including phenoxy) is 1. The highest BCUT2D eigenvalue weighted by Crippen LogP contribution is 2.27. The van der Waals surface area contributed by atoms with Crippen LogP contribution < -0.4 is 4.74 Å².